The zero-order valence-electron chi connectivity index (χ0n) is 10.8. The molecule has 0 atom stereocenters. The normalized spacial score (nSPS) is 10.5. The molecule has 0 fully saturated rings. The van der Waals surface area contributed by atoms with Crippen molar-refractivity contribution in [3.8, 4) is 16.9 Å². The summed E-state index contributed by atoms with van der Waals surface area (Å²) in [4.78, 5) is 11.3. The van der Waals surface area contributed by atoms with Gasteiger partial charge in [0.15, 0.2) is 5.69 Å². The monoisotopic (exact) mass is 283 g/mol. The van der Waals surface area contributed by atoms with Crippen LogP contribution in [0.15, 0.2) is 54.6 Å². The molecule has 1 heterocycles. The molecule has 3 rings (SSSR count). The number of rotatable bonds is 3. The minimum Gasteiger partial charge on any atom is -0.476 e. The van der Waals surface area contributed by atoms with Gasteiger partial charge in [-0.1, -0.05) is 41.6 Å². The number of carboxylic acid groups (broad SMARTS) is 1. The highest BCUT2D eigenvalue weighted by Crippen LogP contribution is 2.25. The van der Waals surface area contributed by atoms with Gasteiger partial charge in [-0.25, -0.2) is 13.9 Å². The largest absolute Gasteiger partial charge is 0.476 e. The Morgan fingerprint density at radius 1 is 1.10 bits per heavy atom. The predicted molar refractivity (Wildman–Crippen MR) is 73.7 cm³/mol. The number of carboxylic acids is 1. The molecule has 1 N–H and O–H groups in total. The highest BCUT2D eigenvalue weighted by Gasteiger charge is 2.21. The van der Waals surface area contributed by atoms with Crippen LogP contribution in [0.3, 0.4) is 0 Å². The molecule has 21 heavy (non-hydrogen) atoms. The third-order valence-electron chi connectivity index (χ3n) is 2.97. The fourth-order valence-corrected chi connectivity index (χ4v) is 2.07. The first-order valence-corrected chi connectivity index (χ1v) is 6.17. The number of benzene rings is 2. The first-order valence-electron chi connectivity index (χ1n) is 6.17. The molecule has 0 aliphatic rings. The van der Waals surface area contributed by atoms with Crippen LogP contribution in [-0.4, -0.2) is 26.1 Å². The van der Waals surface area contributed by atoms with Crippen LogP contribution in [0.5, 0.6) is 0 Å². The molecule has 3 aromatic rings. The van der Waals surface area contributed by atoms with E-state index in [1.807, 2.05) is 6.07 Å². The first kappa shape index (κ1) is 13.0. The van der Waals surface area contributed by atoms with E-state index in [1.54, 1.807) is 30.3 Å². The Bertz CT molecular complexity index is 800. The topological polar surface area (TPSA) is 68.0 Å². The molecule has 1 aromatic heterocycles. The summed E-state index contributed by atoms with van der Waals surface area (Å²) < 4.78 is 14.7. The third kappa shape index (κ3) is 2.38. The van der Waals surface area contributed by atoms with Crippen molar-refractivity contribution in [2.75, 3.05) is 0 Å². The van der Waals surface area contributed by atoms with Crippen molar-refractivity contribution in [3.05, 3.63) is 66.1 Å². The molecule has 0 radical (unpaired) electrons. The fourth-order valence-electron chi connectivity index (χ4n) is 2.07. The minimum atomic E-state index is -1.18. The number of hydrogen-bond donors (Lipinski definition) is 1. The smallest absolute Gasteiger partial charge is 0.358 e. The van der Waals surface area contributed by atoms with E-state index in [1.165, 1.54) is 22.9 Å². The maximum absolute atomic E-state index is 13.4. The van der Waals surface area contributed by atoms with Gasteiger partial charge in [-0.05, 0) is 18.2 Å². The predicted octanol–water partition coefficient (Wildman–Crippen LogP) is 2.77. The van der Waals surface area contributed by atoms with Gasteiger partial charge in [0.2, 0.25) is 0 Å². The molecule has 0 unspecified atom stereocenters. The SMILES string of the molecule is O=C(O)c1nnn(-c2cccc(F)c2)c1-c1ccccc1. The lowest BCUT2D eigenvalue weighted by molar-refractivity contribution is 0.0691. The van der Waals surface area contributed by atoms with Crippen LogP contribution in [0, 0.1) is 5.82 Å². The number of aromatic carboxylic acids is 1. The molecule has 6 heteroatoms. The van der Waals surface area contributed by atoms with Gasteiger partial charge in [0.05, 0.1) is 5.69 Å². The van der Waals surface area contributed by atoms with Crippen molar-refractivity contribution < 1.29 is 14.3 Å². The Hall–Kier alpha value is -3.02. The van der Waals surface area contributed by atoms with Crippen LogP contribution >= 0.6 is 0 Å². The van der Waals surface area contributed by atoms with E-state index < -0.39 is 11.8 Å². The van der Waals surface area contributed by atoms with Gasteiger partial charge in [-0.15, -0.1) is 5.10 Å². The molecule has 0 aliphatic carbocycles. The number of aromatic nitrogens is 3. The summed E-state index contributed by atoms with van der Waals surface area (Å²) in [5.74, 6) is -1.62. The maximum atomic E-state index is 13.4. The van der Waals surface area contributed by atoms with Crippen LogP contribution in [0.2, 0.25) is 0 Å². The zero-order valence-corrected chi connectivity index (χ0v) is 10.8. The molecule has 0 amide bonds. The van der Waals surface area contributed by atoms with Gasteiger partial charge in [0.1, 0.15) is 11.5 Å². The molecule has 0 saturated heterocycles. The van der Waals surface area contributed by atoms with Gasteiger partial charge < -0.3 is 5.11 Å². The summed E-state index contributed by atoms with van der Waals surface area (Å²) in [6, 6.07) is 14.6. The lowest BCUT2D eigenvalue weighted by Gasteiger charge is -2.07. The van der Waals surface area contributed by atoms with E-state index >= 15 is 0 Å². The molecule has 0 saturated carbocycles. The fraction of sp³-hybridized carbons (Fsp3) is 0. The Balaban J connectivity index is 2.25. The van der Waals surface area contributed by atoms with Gasteiger partial charge in [-0.3, -0.25) is 0 Å². The maximum Gasteiger partial charge on any atom is 0.358 e. The molecular weight excluding hydrogens is 273 g/mol. The van der Waals surface area contributed by atoms with E-state index in [2.05, 4.69) is 10.3 Å². The van der Waals surface area contributed by atoms with Crippen LogP contribution in [-0.2, 0) is 0 Å². The highest BCUT2D eigenvalue weighted by molar-refractivity contribution is 5.93. The Morgan fingerprint density at radius 3 is 2.52 bits per heavy atom. The quantitative estimate of drug-likeness (QED) is 0.802. The van der Waals surface area contributed by atoms with Crippen molar-refractivity contribution in [1.82, 2.24) is 15.0 Å². The molecule has 2 aromatic carbocycles. The minimum absolute atomic E-state index is 0.175. The van der Waals surface area contributed by atoms with E-state index in [0.29, 0.717) is 16.9 Å². The molecule has 0 aliphatic heterocycles. The number of halogens is 1. The second kappa shape index (κ2) is 5.16. The Morgan fingerprint density at radius 2 is 1.86 bits per heavy atom. The van der Waals surface area contributed by atoms with Gasteiger partial charge in [0, 0.05) is 5.56 Å². The lowest BCUT2D eigenvalue weighted by atomic mass is 10.1. The zero-order chi connectivity index (χ0) is 14.8. The summed E-state index contributed by atoms with van der Waals surface area (Å²) >= 11 is 0. The van der Waals surface area contributed by atoms with Crippen molar-refractivity contribution in [2.24, 2.45) is 0 Å². The summed E-state index contributed by atoms with van der Waals surface area (Å²) in [5, 5.41) is 16.8. The standard InChI is InChI=1S/C15H10FN3O2/c16-11-7-4-8-12(9-11)19-14(10-5-2-1-3-6-10)13(15(20)21)17-18-19/h1-9H,(H,20,21). The Kier molecular flexibility index (Phi) is 3.19. The molecule has 104 valence electrons. The Labute approximate surface area is 119 Å². The second-order valence-corrected chi connectivity index (χ2v) is 4.35. The van der Waals surface area contributed by atoms with E-state index in [0.717, 1.165) is 0 Å². The summed E-state index contributed by atoms with van der Waals surface area (Å²) in [6.45, 7) is 0. The second-order valence-electron chi connectivity index (χ2n) is 4.35. The van der Waals surface area contributed by atoms with Crippen molar-refractivity contribution >= 4 is 5.97 Å². The van der Waals surface area contributed by atoms with E-state index in [9.17, 15) is 14.3 Å². The summed E-state index contributed by atoms with van der Waals surface area (Å²) in [7, 11) is 0. The summed E-state index contributed by atoms with van der Waals surface area (Å²) in [5.41, 5.74) is 1.19. The summed E-state index contributed by atoms with van der Waals surface area (Å²) in [6.07, 6.45) is 0. The van der Waals surface area contributed by atoms with Crippen LogP contribution in [0.25, 0.3) is 16.9 Å². The molecule has 5 nitrogen and oxygen atoms in total. The van der Waals surface area contributed by atoms with E-state index in [4.69, 9.17) is 0 Å². The number of nitrogens with zero attached hydrogens (tertiary/aromatic N) is 3. The van der Waals surface area contributed by atoms with Gasteiger partial charge in [-0.2, -0.15) is 0 Å². The van der Waals surface area contributed by atoms with Crippen LogP contribution in [0.4, 0.5) is 4.39 Å². The van der Waals surface area contributed by atoms with E-state index in [-0.39, 0.29) is 5.69 Å². The third-order valence-corrected chi connectivity index (χ3v) is 2.97. The number of hydrogen-bond acceptors (Lipinski definition) is 3. The lowest BCUT2D eigenvalue weighted by Crippen LogP contribution is -2.03. The average molecular weight is 283 g/mol. The van der Waals surface area contributed by atoms with Crippen LogP contribution in [0.1, 0.15) is 10.5 Å². The number of carbonyl (C=O) groups is 1. The van der Waals surface area contributed by atoms with Gasteiger partial charge >= 0.3 is 5.97 Å². The molecule has 0 bridgehead atoms. The van der Waals surface area contributed by atoms with Crippen molar-refractivity contribution in [3.63, 3.8) is 0 Å². The van der Waals surface area contributed by atoms with Crippen molar-refractivity contribution in [1.29, 1.82) is 0 Å². The van der Waals surface area contributed by atoms with Gasteiger partial charge in [0.25, 0.3) is 0 Å². The highest BCUT2D eigenvalue weighted by atomic mass is 19.1. The average Bonchev–Trinajstić information content (AvgIpc) is 2.93. The first-order chi connectivity index (χ1) is 10.2. The van der Waals surface area contributed by atoms with Crippen LogP contribution < -0.4 is 0 Å². The molecular formula is C15H10FN3O2. The molecule has 0 spiro atoms. The van der Waals surface area contributed by atoms with Crippen molar-refractivity contribution in [2.45, 2.75) is 0 Å².